The van der Waals surface area contributed by atoms with E-state index in [1.807, 2.05) is 0 Å². The summed E-state index contributed by atoms with van der Waals surface area (Å²) in [6.45, 7) is -1.19. The van der Waals surface area contributed by atoms with E-state index in [-0.39, 0.29) is 0 Å². The third-order valence-electron chi connectivity index (χ3n) is 1.99. The Morgan fingerprint density at radius 2 is 2.00 bits per heavy atom. The van der Waals surface area contributed by atoms with Crippen LogP contribution in [0, 0.1) is 11.3 Å². The molecule has 0 spiro atoms. The highest BCUT2D eigenvalue weighted by Crippen LogP contribution is 2.39. The van der Waals surface area contributed by atoms with Gasteiger partial charge in [-0.2, -0.15) is 18.4 Å². The Morgan fingerprint density at radius 1 is 1.41 bits per heavy atom. The van der Waals surface area contributed by atoms with Gasteiger partial charge in [0.15, 0.2) is 0 Å². The minimum atomic E-state index is -5.08. The van der Waals surface area contributed by atoms with Crippen LogP contribution in [0.1, 0.15) is 28.8 Å². The van der Waals surface area contributed by atoms with Gasteiger partial charge in [0.1, 0.15) is 11.8 Å². The van der Waals surface area contributed by atoms with Crippen LogP contribution >= 0.6 is 0 Å². The maximum atomic E-state index is 12.6. The summed E-state index contributed by atoms with van der Waals surface area (Å²) in [5.74, 6) is 0. The number of pyridine rings is 1. The molecule has 0 aliphatic carbocycles. The van der Waals surface area contributed by atoms with Crippen molar-refractivity contribution < 1.29 is 27.1 Å². The minimum absolute atomic E-state index is 0.297. The number of hydrogen-bond acceptors (Lipinski definition) is 3. The summed E-state index contributed by atoms with van der Waals surface area (Å²) in [5, 5.41) is 17.3. The highest BCUT2D eigenvalue weighted by atomic mass is 19.4. The predicted octanol–water partition coefficient (Wildman–Crippen LogP) is 2.40. The van der Waals surface area contributed by atoms with Crippen molar-refractivity contribution >= 4 is 0 Å². The molecule has 0 saturated heterocycles. The van der Waals surface area contributed by atoms with Crippen LogP contribution in [0.3, 0.4) is 0 Å². The lowest BCUT2D eigenvalue weighted by atomic mass is 10.0. The van der Waals surface area contributed by atoms with E-state index in [1.54, 1.807) is 0 Å². The molecule has 0 radical (unpaired) electrons. The molecule has 1 rings (SSSR count). The molecule has 0 unspecified atom stereocenters. The first-order chi connectivity index (χ1) is 7.82. The number of halogens is 5. The maximum absolute atomic E-state index is 12.6. The molecule has 1 aromatic rings. The number of hydrogen-bond donors (Lipinski definition) is 1. The number of rotatable bonds is 2. The van der Waals surface area contributed by atoms with Crippen molar-refractivity contribution in [2.24, 2.45) is 0 Å². The SMILES string of the molecule is N#Cc1ncc(C(F)F)c(C(F)(F)F)c1CO. The van der Waals surface area contributed by atoms with Gasteiger partial charge in [-0.05, 0) is 0 Å². The fourth-order valence-electron chi connectivity index (χ4n) is 1.32. The average Bonchev–Trinajstić information content (AvgIpc) is 2.25. The summed E-state index contributed by atoms with van der Waals surface area (Å²) >= 11 is 0. The van der Waals surface area contributed by atoms with Crippen molar-refractivity contribution in [1.82, 2.24) is 4.98 Å². The second kappa shape index (κ2) is 4.63. The van der Waals surface area contributed by atoms with Gasteiger partial charge < -0.3 is 5.11 Å². The van der Waals surface area contributed by atoms with Crippen molar-refractivity contribution in [2.75, 3.05) is 0 Å². The molecule has 1 aromatic heterocycles. The van der Waals surface area contributed by atoms with Gasteiger partial charge in [0.2, 0.25) is 0 Å². The highest BCUT2D eigenvalue weighted by Gasteiger charge is 2.39. The lowest BCUT2D eigenvalue weighted by molar-refractivity contribution is -0.140. The Labute approximate surface area is 92.1 Å². The molecule has 3 nitrogen and oxygen atoms in total. The lowest BCUT2D eigenvalue weighted by Gasteiger charge is -2.16. The van der Waals surface area contributed by atoms with Gasteiger partial charge in [-0.1, -0.05) is 0 Å². The lowest BCUT2D eigenvalue weighted by Crippen LogP contribution is -2.16. The van der Waals surface area contributed by atoms with E-state index < -0.39 is 41.6 Å². The molecule has 17 heavy (non-hydrogen) atoms. The van der Waals surface area contributed by atoms with Gasteiger partial charge >= 0.3 is 6.18 Å². The molecule has 0 aliphatic rings. The Kier molecular flexibility index (Phi) is 3.63. The van der Waals surface area contributed by atoms with E-state index in [0.717, 1.165) is 0 Å². The van der Waals surface area contributed by atoms with Crippen LogP contribution < -0.4 is 0 Å². The number of nitrogens with zero attached hydrogens (tertiary/aromatic N) is 2. The van der Waals surface area contributed by atoms with Gasteiger partial charge in [0.25, 0.3) is 6.43 Å². The number of alkyl halides is 5. The Morgan fingerprint density at radius 3 is 2.35 bits per heavy atom. The number of aliphatic hydroxyl groups is 1. The summed E-state index contributed by atoms with van der Waals surface area (Å²) in [7, 11) is 0. The normalized spacial score (nSPS) is 11.6. The highest BCUT2D eigenvalue weighted by molar-refractivity contribution is 5.43. The molecule has 1 heterocycles. The molecule has 0 saturated carbocycles. The molecule has 92 valence electrons. The van der Waals surface area contributed by atoms with Gasteiger partial charge in [-0.3, -0.25) is 0 Å². The zero-order chi connectivity index (χ0) is 13.2. The van der Waals surface area contributed by atoms with Gasteiger partial charge in [-0.15, -0.1) is 0 Å². The topological polar surface area (TPSA) is 56.9 Å². The van der Waals surface area contributed by atoms with Crippen LogP contribution in [0.2, 0.25) is 0 Å². The summed E-state index contributed by atoms with van der Waals surface area (Å²) < 4.78 is 62.6. The molecule has 1 N–H and O–H groups in total. The largest absolute Gasteiger partial charge is 0.417 e. The third kappa shape index (κ3) is 2.50. The van der Waals surface area contributed by atoms with Crippen LogP contribution in [-0.4, -0.2) is 10.1 Å². The third-order valence-corrected chi connectivity index (χ3v) is 1.99. The number of aliphatic hydroxyl groups excluding tert-OH is 1. The molecule has 0 bridgehead atoms. The van der Waals surface area contributed by atoms with Crippen LogP contribution in [0.25, 0.3) is 0 Å². The van der Waals surface area contributed by atoms with Crippen LogP contribution in [0.4, 0.5) is 22.0 Å². The maximum Gasteiger partial charge on any atom is 0.417 e. The van der Waals surface area contributed by atoms with Gasteiger partial charge in [0, 0.05) is 17.3 Å². The number of nitriles is 1. The number of aromatic nitrogens is 1. The Hall–Kier alpha value is -1.75. The van der Waals surface area contributed by atoms with Crippen molar-refractivity contribution in [1.29, 1.82) is 5.26 Å². The second-order valence-corrected chi connectivity index (χ2v) is 2.98. The van der Waals surface area contributed by atoms with Crippen molar-refractivity contribution in [3.8, 4) is 6.07 Å². The fourth-order valence-corrected chi connectivity index (χ4v) is 1.32. The van der Waals surface area contributed by atoms with E-state index in [1.165, 1.54) is 6.07 Å². The second-order valence-electron chi connectivity index (χ2n) is 2.98. The molecule has 0 aliphatic heterocycles. The summed E-state index contributed by atoms with van der Waals surface area (Å²) in [4.78, 5) is 3.16. The zero-order valence-corrected chi connectivity index (χ0v) is 8.09. The molecular formula is C9H5F5N2O. The minimum Gasteiger partial charge on any atom is -0.392 e. The monoisotopic (exact) mass is 252 g/mol. The first-order valence-corrected chi connectivity index (χ1v) is 4.21. The standard InChI is InChI=1S/C9H5F5N2O/c10-8(11)4-2-16-6(1-15)5(3-17)7(4)9(12,13)14/h2,8,17H,3H2. The first kappa shape index (κ1) is 13.3. The molecule has 0 aromatic carbocycles. The Bertz CT molecular complexity index is 464. The average molecular weight is 252 g/mol. The first-order valence-electron chi connectivity index (χ1n) is 4.21. The summed E-state index contributed by atoms with van der Waals surface area (Å²) in [5.41, 5.74) is -4.69. The van der Waals surface area contributed by atoms with Crippen molar-refractivity contribution in [2.45, 2.75) is 19.2 Å². The summed E-state index contributed by atoms with van der Waals surface area (Å²) in [6.07, 6.45) is -8.18. The molecule has 0 amide bonds. The molecule has 0 atom stereocenters. The zero-order valence-electron chi connectivity index (χ0n) is 8.09. The molecule has 0 fully saturated rings. The van der Waals surface area contributed by atoms with E-state index in [4.69, 9.17) is 10.4 Å². The van der Waals surface area contributed by atoms with Gasteiger partial charge in [-0.25, -0.2) is 13.8 Å². The van der Waals surface area contributed by atoms with E-state index in [2.05, 4.69) is 4.98 Å². The smallest absolute Gasteiger partial charge is 0.392 e. The van der Waals surface area contributed by atoms with Crippen molar-refractivity contribution in [3.63, 3.8) is 0 Å². The van der Waals surface area contributed by atoms with E-state index >= 15 is 0 Å². The molecule has 8 heteroatoms. The quantitative estimate of drug-likeness (QED) is 0.822. The van der Waals surface area contributed by atoms with E-state index in [9.17, 15) is 22.0 Å². The summed E-state index contributed by atoms with van der Waals surface area (Å²) in [6, 6.07) is 1.31. The molecular weight excluding hydrogens is 247 g/mol. The Balaban J connectivity index is 3.64. The van der Waals surface area contributed by atoms with Crippen molar-refractivity contribution in [3.05, 3.63) is 28.6 Å². The predicted molar refractivity (Wildman–Crippen MR) is 44.8 cm³/mol. The fraction of sp³-hybridized carbons (Fsp3) is 0.333. The van der Waals surface area contributed by atoms with Crippen LogP contribution in [0.5, 0.6) is 0 Å². The van der Waals surface area contributed by atoms with E-state index in [0.29, 0.717) is 6.20 Å². The van der Waals surface area contributed by atoms with Gasteiger partial charge in [0.05, 0.1) is 12.2 Å². The van der Waals surface area contributed by atoms with Crippen LogP contribution in [0.15, 0.2) is 6.20 Å². The van der Waals surface area contributed by atoms with Crippen LogP contribution in [-0.2, 0) is 12.8 Å².